The molecule has 1 amide bonds. The minimum atomic E-state index is 0.0638. The highest BCUT2D eigenvalue weighted by Crippen LogP contribution is 2.17. The van der Waals surface area contributed by atoms with Gasteiger partial charge < -0.3 is 9.64 Å². The van der Waals surface area contributed by atoms with Crippen LogP contribution in [-0.2, 0) is 9.53 Å². The third-order valence-electron chi connectivity index (χ3n) is 2.30. The van der Waals surface area contributed by atoms with Gasteiger partial charge in [-0.3, -0.25) is 4.79 Å². The molecule has 0 aromatic carbocycles. The van der Waals surface area contributed by atoms with Crippen molar-refractivity contribution in [2.75, 3.05) is 14.2 Å². The fourth-order valence-electron chi connectivity index (χ4n) is 1.54. The van der Waals surface area contributed by atoms with Gasteiger partial charge in [0.2, 0.25) is 6.41 Å². The average Bonchev–Trinajstić information content (AvgIpc) is 2.16. The molecular weight excluding hydrogens is 154 g/mol. The van der Waals surface area contributed by atoms with E-state index in [2.05, 4.69) is 6.08 Å². The molecule has 2 unspecified atom stereocenters. The summed E-state index contributed by atoms with van der Waals surface area (Å²) < 4.78 is 5.24. The van der Waals surface area contributed by atoms with Gasteiger partial charge in [-0.15, -0.1) is 0 Å². The van der Waals surface area contributed by atoms with E-state index in [1.165, 1.54) is 0 Å². The van der Waals surface area contributed by atoms with Crippen LogP contribution in [0.25, 0.3) is 0 Å². The Balaban J connectivity index is 2.61. The Labute approximate surface area is 73.0 Å². The smallest absolute Gasteiger partial charge is 0.209 e. The van der Waals surface area contributed by atoms with Crippen LogP contribution in [0.15, 0.2) is 12.2 Å². The van der Waals surface area contributed by atoms with Crippen molar-refractivity contribution in [1.82, 2.24) is 4.90 Å². The van der Waals surface area contributed by atoms with Gasteiger partial charge in [0.25, 0.3) is 0 Å². The molecule has 1 aliphatic carbocycles. The Hall–Kier alpha value is -0.830. The Morgan fingerprint density at radius 2 is 2.42 bits per heavy atom. The number of nitrogens with zero attached hydrogens (tertiary/aromatic N) is 1. The minimum Gasteiger partial charge on any atom is -0.375 e. The van der Waals surface area contributed by atoms with Gasteiger partial charge in [-0.2, -0.15) is 0 Å². The first-order valence-electron chi connectivity index (χ1n) is 4.16. The molecule has 0 N–H and O–H groups in total. The van der Waals surface area contributed by atoms with Crippen LogP contribution in [0.2, 0.25) is 0 Å². The topological polar surface area (TPSA) is 29.5 Å². The summed E-state index contributed by atoms with van der Waals surface area (Å²) in [6.45, 7) is 0. The highest BCUT2D eigenvalue weighted by atomic mass is 16.5. The highest BCUT2D eigenvalue weighted by Gasteiger charge is 2.23. The van der Waals surface area contributed by atoms with Gasteiger partial charge in [0.1, 0.15) is 0 Å². The number of amides is 1. The quantitative estimate of drug-likeness (QED) is 0.462. The lowest BCUT2D eigenvalue weighted by atomic mass is 9.98. The van der Waals surface area contributed by atoms with E-state index >= 15 is 0 Å². The van der Waals surface area contributed by atoms with E-state index in [0.29, 0.717) is 0 Å². The number of carbonyl (C=O) groups is 1. The molecule has 3 nitrogen and oxygen atoms in total. The number of likely N-dealkylation sites (N-methyl/N-ethyl adjacent to an activating group) is 1. The second kappa shape index (κ2) is 4.26. The Kier molecular flexibility index (Phi) is 3.29. The van der Waals surface area contributed by atoms with Crippen LogP contribution in [0.4, 0.5) is 0 Å². The molecule has 0 aromatic heterocycles. The molecule has 0 radical (unpaired) electrons. The molecule has 3 heteroatoms. The molecule has 1 rings (SSSR count). The first-order chi connectivity index (χ1) is 5.79. The molecule has 0 aliphatic heterocycles. The van der Waals surface area contributed by atoms with Gasteiger partial charge in [-0.05, 0) is 12.8 Å². The average molecular weight is 169 g/mol. The SMILES string of the molecule is COC1C=CCCC1N(C)C=O. The minimum absolute atomic E-state index is 0.0638. The molecule has 68 valence electrons. The van der Waals surface area contributed by atoms with Crippen LogP contribution < -0.4 is 0 Å². The Morgan fingerprint density at radius 3 is 3.00 bits per heavy atom. The van der Waals surface area contributed by atoms with Crippen LogP contribution in [0.5, 0.6) is 0 Å². The monoisotopic (exact) mass is 169 g/mol. The molecule has 0 fully saturated rings. The van der Waals surface area contributed by atoms with Crippen LogP contribution in [0.3, 0.4) is 0 Å². The zero-order valence-electron chi connectivity index (χ0n) is 7.56. The molecule has 0 bridgehead atoms. The number of methoxy groups -OCH3 is 1. The Morgan fingerprint density at radius 1 is 1.67 bits per heavy atom. The second-order valence-corrected chi connectivity index (χ2v) is 3.04. The van der Waals surface area contributed by atoms with E-state index in [-0.39, 0.29) is 12.1 Å². The normalized spacial score (nSPS) is 28.5. The molecule has 0 saturated heterocycles. The van der Waals surface area contributed by atoms with E-state index in [1.807, 2.05) is 6.08 Å². The standard InChI is InChI=1S/C9H15NO2/c1-10(7-11)8-5-3-4-6-9(8)12-2/h4,6-9H,3,5H2,1-2H3. The molecule has 0 saturated carbocycles. The zero-order chi connectivity index (χ0) is 8.97. The fraction of sp³-hybridized carbons (Fsp3) is 0.667. The van der Waals surface area contributed by atoms with Crippen molar-refractivity contribution >= 4 is 6.41 Å². The lowest BCUT2D eigenvalue weighted by Crippen LogP contribution is -2.41. The maximum absolute atomic E-state index is 10.5. The number of carbonyl (C=O) groups excluding carboxylic acids is 1. The van der Waals surface area contributed by atoms with Crippen molar-refractivity contribution in [3.8, 4) is 0 Å². The number of hydrogen-bond donors (Lipinski definition) is 0. The summed E-state index contributed by atoms with van der Waals surface area (Å²) in [5, 5.41) is 0. The highest BCUT2D eigenvalue weighted by molar-refractivity contribution is 5.47. The molecule has 2 atom stereocenters. The van der Waals surface area contributed by atoms with E-state index < -0.39 is 0 Å². The summed E-state index contributed by atoms with van der Waals surface area (Å²) in [6.07, 6.45) is 7.06. The van der Waals surface area contributed by atoms with Crippen LogP contribution in [-0.4, -0.2) is 37.6 Å². The maximum atomic E-state index is 10.5. The molecule has 0 heterocycles. The molecule has 0 spiro atoms. The number of allylic oxidation sites excluding steroid dienone is 1. The Bertz CT molecular complexity index is 179. The predicted molar refractivity (Wildman–Crippen MR) is 46.8 cm³/mol. The molecular formula is C9H15NO2. The van der Waals surface area contributed by atoms with Crippen LogP contribution >= 0.6 is 0 Å². The van der Waals surface area contributed by atoms with Crippen molar-refractivity contribution in [2.45, 2.75) is 25.0 Å². The lowest BCUT2D eigenvalue weighted by molar-refractivity contribution is -0.121. The summed E-state index contributed by atoms with van der Waals surface area (Å²) in [6, 6.07) is 0.206. The van der Waals surface area contributed by atoms with E-state index in [4.69, 9.17) is 4.74 Å². The second-order valence-electron chi connectivity index (χ2n) is 3.04. The maximum Gasteiger partial charge on any atom is 0.209 e. The van der Waals surface area contributed by atoms with Gasteiger partial charge in [-0.1, -0.05) is 12.2 Å². The van der Waals surface area contributed by atoms with Crippen molar-refractivity contribution in [2.24, 2.45) is 0 Å². The van der Waals surface area contributed by atoms with E-state index in [9.17, 15) is 4.79 Å². The van der Waals surface area contributed by atoms with E-state index in [1.54, 1.807) is 19.1 Å². The number of rotatable bonds is 3. The summed E-state index contributed by atoms with van der Waals surface area (Å²) >= 11 is 0. The summed E-state index contributed by atoms with van der Waals surface area (Å²) in [7, 11) is 3.47. The first kappa shape index (κ1) is 9.26. The summed E-state index contributed by atoms with van der Waals surface area (Å²) in [4.78, 5) is 12.2. The van der Waals surface area contributed by atoms with Gasteiger partial charge in [-0.25, -0.2) is 0 Å². The number of hydrogen-bond acceptors (Lipinski definition) is 2. The third kappa shape index (κ3) is 1.85. The zero-order valence-corrected chi connectivity index (χ0v) is 7.56. The van der Waals surface area contributed by atoms with Crippen molar-refractivity contribution < 1.29 is 9.53 Å². The van der Waals surface area contributed by atoms with Crippen molar-refractivity contribution in [3.05, 3.63) is 12.2 Å². The van der Waals surface area contributed by atoms with Gasteiger partial charge in [0, 0.05) is 14.2 Å². The lowest BCUT2D eigenvalue weighted by Gasteiger charge is -2.31. The van der Waals surface area contributed by atoms with Gasteiger partial charge >= 0.3 is 0 Å². The number of ether oxygens (including phenoxy) is 1. The molecule has 12 heavy (non-hydrogen) atoms. The van der Waals surface area contributed by atoms with Crippen LogP contribution in [0, 0.1) is 0 Å². The molecule has 0 aromatic rings. The molecule has 1 aliphatic rings. The summed E-state index contributed by atoms with van der Waals surface area (Å²) in [5.41, 5.74) is 0. The van der Waals surface area contributed by atoms with Crippen molar-refractivity contribution in [1.29, 1.82) is 0 Å². The largest absolute Gasteiger partial charge is 0.375 e. The van der Waals surface area contributed by atoms with Gasteiger partial charge in [0.15, 0.2) is 0 Å². The van der Waals surface area contributed by atoms with Gasteiger partial charge in [0.05, 0.1) is 12.1 Å². The fourth-order valence-corrected chi connectivity index (χ4v) is 1.54. The van der Waals surface area contributed by atoms with E-state index in [0.717, 1.165) is 19.3 Å². The third-order valence-corrected chi connectivity index (χ3v) is 2.30. The summed E-state index contributed by atoms with van der Waals surface area (Å²) in [5.74, 6) is 0. The predicted octanol–water partition coefficient (Wildman–Crippen LogP) is 0.808. The van der Waals surface area contributed by atoms with Crippen molar-refractivity contribution in [3.63, 3.8) is 0 Å². The van der Waals surface area contributed by atoms with Crippen LogP contribution in [0.1, 0.15) is 12.8 Å². The first-order valence-corrected chi connectivity index (χ1v) is 4.16.